The molecule has 50 valence electrons. The third-order valence-electron chi connectivity index (χ3n) is 1.24. The van der Waals surface area contributed by atoms with Crippen LogP contribution < -0.4 is 0 Å². The summed E-state index contributed by atoms with van der Waals surface area (Å²) in [7, 11) is 0. The van der Waals surface area contributed by atoms with Crippen molar-refractivity contribution < 1.29 is 0 Å². The predicted molar refractivity (Wildman–Crippen MR) is 38.0 cm³/mol. The van der Waals surface area contributed by atoms with E-state index in [4.69, 9.17) is 11.6 Å². The highest BCUT2D eigenvalue weighted by molar-refractivity contribution is 6.33. The van der Waals surface area contributed by atoms with Crippen LogP contribution in [0.1, 0.15) is 0 Å². The van der Waals surface area contributed by atoms with E-state index in [0.29, 0.717) is 10.7 Å². The topological polar surface area (TPSA) is 30.2 Å². The normalized spacial score (nSPS) is 10.5. The standard InChI is InChI=1S/C6H4ClN3/c7-5-4-9-10-3-1-2-8-6(5)10/h1-4H. The second-order valence-corrected chi connectivity index (χ2v) is 2.29. The molecule has 3 nitrogen and oxygen atoms in total. The third kappa shape index (κ3) is 0.675. The Morgan fingerprint density at radius 1 is 1.50 bits per heavy atom. The van der Waals surface area contributed by atoms with Gasteiger partial charge in [0.25, 0.3) is 0 Å². The molecule has 0 atom stereocenters. The van der Waals surface area contributed by atoms with Crippen LogP contribution in [0.25, 0.3) is 5.65 Å². The van der Waals surface area contributed by atoms with Gasteiger partial charge in [-0.15, -0.1) is 0 Å². The first-order valence-electron chi connectivity index (χ1n) is 2.82. The molecule has 0 radical (unpaired) electrons. The summed E-state index contributed by atoms with van der Waals surface area (Å²) in [5.41, 5.74) is 0.698. The molecule has 0 spiro atoms. The van der Waals surface area contributed by atoms with Crippen LogP contribution in [-0.4, -0.2) is 14.6 Å². The van der Waals surface area contributed by atoms with Gasteiger partial charge >= 0.3 is 0 Å². The van der Waals surface area contributed by atoms with Gasteiger partial charge in [0.1, 0.15) is 5.02 Å². The molecule has 0 saturated carbocycles. The molecule has 0 aromatic carbocycles. The molecule has 0 aliphatic carbocycles. The molecule has 4 heteroatoms. The summed E-state index contributed by atoms with van der Waals surface area (Å²) >= 11 is 5.73. The van der Waals surface area contributed by atoms with E-state index in [2.05, 4.69) is 10.1 Å². The monoisotopic (exact) mass is 153 g/mol. The maximum absolute atomic E-state index is 5.73. The maximum atomic E-state index is 5.73. The van der Waals surface area contributed by atoms with Crippen LogP contribution in [-0.2, 0) is 0 Å². The van der Waals surface area contributed by atoms with E-state index < -0.39 is 0 Å². The maximum Gasteiger partial charge on any atom is 0.173 e. The summed E-state index contributed by atoms with van der Waals surface area (Å²) in [5, 5.41) is 4.52. The van der Waals surface area contributed by atoms with Crippen molar-refractivity contribution in [2.45, 2.75) is 0 Å². The van der Waals surface area contributed by atoms with E-state index in [1.54, 1.807) is 29.2 Å². The van der Waals surface area contributed by atoms with Gasteiger partial charge in [-0.05, 0) is 6.07 Å². The zero-order chi connectivity index (χ0) is 6.97. The van der Waals surface area contributed by atoms with E-state index in [9.17, 15) is 0 Å². The number of halogens is 1. The van der Waals surface area contributed by atoms with Crippen LogP contribution in [0.5, 0.6) is 0 Å². The van der Waals surface area contributed by atoms with E-state index in [0.717, 1.165) is 0 Å². The molecule has 2 heterocycles. The average Bonchev–Trinajstić information content (AvgIpc) is 2.34. The predicted octanol–water partition coefficient (Wildman–Crippen LogP) is 1.38. The second-order valence-electron chi connectivity index (χ2n) is 1.88. The molecular weight excluding hydrogens is 150 g/mol. The molecular formula is C6H4ClN3. The Morgan fingerprint density at radius 3 is 3.20 bits per heavy atom. The van der Waals surface area contributed by atoms with Crippen molar-refractivity contribution in [3.05, 3.63) is 29.7 Å². The molecule has 2 rings (SSSR count). The quantitative estimate of drug-likeness (QED) is 0.573. The van der Waals surface area contributed by atoms with Gasteiger partial charge in [0, 0.05) is 12.4 Å². The Balaban J connectivity index is 2.93. The molecule has 0 saturated heterocycles. The number of hydrogen-bond acceptors (Lipinski definition) is 2. The Morgan fingerprint density at radius 2 is 2.40 bits per heavy atom. The van der Waals surface area contributed by atoms with Crippen LogP contribution in [0.15, 0.2) is 24.7 Å². The van der Waals surface area contributed by atoms with Crippen LogP contribution in [0, 0.1) is 0 Å². The van der Waals surface area contributed by atoms with Crippen molar-refractivity contribution in [1.29, 1.82) is 0 Å². The minimum Gasteiger partial charge on any atom is -0.236 e. The van der Waals surface area contributed by atoms with Gasteiger partial charge in [0.2, 0.25) is 0 Å². The Kier molecular flexibility index (Phi) is 1.11. The molecule has 0 unspecified atom stereocenters. The molecule has 10 heavy (non-hydrogen) atoms. The molecule has 0 aliphatic heterocycles. The summed E-state index contributed by atoms with van der Waals surface area (Å²) < 4.78 is 1.63. The van der Waals surface area contributed by atoms with Crippen molar-refractivity contribution in [3.8, 4) is 0 Å². The van der Waals surface area contributed by atoms with Gasteiger partial charge in [-0.25, -0.2) is 9.50 Å². The summed E-state index contributed by atoms with van der Waals surface area (Å²) in [6.45, 7) is 0. The summed E-state index contributed by atoms with van der Waals surface area (Å²) in [6, 6.07) is 1.80. The van der Waals surface area contributed by atoms with Gasteiger partial charge < -0.3 is 0 Å². The summed E-state index contributed by atoms with van der Waals surface area (Å²) in [4.78, 5) is 4.01. The van der Waals surface area contributed by atoms with E-state index in [1.165, 1.54) is 0 Å². The SMILES string of the molecule is Clc1cnn2cccnc12. The highest BCUT2D eigenvalue weighted by atomic mass is 35.5. The summed E-state index contributed by atoms with van der Waals surface area (Å²) in [5.74, 6) is 0. The summed E-state index contributed by atoms with van der Waals surface area (Å²) in [6.07, 6.45) is 5.06. The largest absolute Gasteiger partial charge is 0.236 e. The molecule has 0 fully saturated rings. The number of aromatic nitrogens is 3. The van der Waals surface area contributed by atoms with E-state index in [1.807, 2.05) is 0 Å². The molecule has 0 bridgehead atoms. The third-order valence-corrected chi connectivity index (χ3v) is 1.50. The van der Waals surface area contributed by atoms with Gasteiger partial charge in [0.15, 0.2) is 5.65 Å². The van der Waals surface area contributed by atoms with Crippen molar-refractivity contribution >= 4 is 17.2 Å². The molecule has 2 aromatic heterocycles. The highest BCUT2D eigenvalue weighted by Gasteiger charge is 1.98. The zero-order valence-corrected chi connectivity index (χ0v) is 5.78. The number of fused-ring (bicyclic) bond motifs is 1. The molecule has 2 aromatic rings. The van der Waals surface area contributed by atoms with Crippen molar-refractivity contribution in [2.24, 2.45) is 0 Å². The minimum atomic E-state index is 0.584. The number of nitrogens with zero attached hydrogens (tertiary/aromatic N) is 3. The lowest BCUT2D eigenvalue weighted by Crippen LogP contribution is -1.85. The average molecular weight is 154 g/mol. The lowest BCUT2D eigenvalue weighted by Gasteiger charge is -1.87. The Bertz CT molecular complexity index is 355. The lowest BCUT2D eigenvalue weighted by molar-refractivity contribution is 0.939. The lowest BCUT2D eigenvalue weighted by atomic mass is 10.6. The van der Waals surface area contributed by atoms with Crippen LogP contribution in [0.3, 0.4) is 0 Å². The Labute approximate surface area is 62.3 Å². The van der Waals surface area contributed by atoms with Gasteiger partial charge in [0.05, 0.1) is 6.20 Å². The second kappa shape index (κ2) is 1.95. The van der Waals surface area contributed by atoms with Gasteiger partial charge in [-0.2, -0.15) is 5.10 Å². The first kappa shape index (κ1) is 5.68. The first-order chi connectivity index (χ1) is 4.88. The fraction of sp³-hybridized carbons (Fsp3) is 0. The molecule has 0 N–H and O–H groups in total. The van der Waals surface area contributed by atoms with E-state index in [-0.39, 0.29) is 0 Å². The van der Waals surface area contributed by atoms with Crippen molar-refractivity contribution in [1.82, 2.24) is 14.6 Å². The van der Waals surface area contributed by atoms with Gasteiger partial charge in [-0.3, -0.25) is 0 Å². The van der Waals surface area contributed by atoms with Crippen molar-refractivity contribution in [3.63, 3.8) is 0 Å². The zero-order valence-electron chi connectivity index (χ0n) is 5.03. The molecule has 0 amide bonds. The van der Waals surface area contributed by atoms with E-state index >= 15 is 0 Å². The van der Waals surface area contributed by atoms with Crippen LogP contribution in [0.4, 0.5) is 0 Å². The first-order valence-corrected chi connectivity index (χ1v) is 3.19. The molecule has 0 aliphatic rings. The van der Waals surface area contributed by atoms with Crippen molar-refractivity contribution in [2.75, 3.05) is 0 Å². The number of hydrogen-bond donors (Lipinski definition) is 0. The minimum absolute atomic E-state index is 0.584. The fourth-order valence-electron chi connectivity index (χ4n) is 0.798. The van der Waals surface area contributed by atoms with Crippen LogP contribution >= 0.6 is 11.6 Å². The van der Waals surface area contributed by atoms with Crippen LogP contribution in [0.2, 0.25) is 5.02 Å². The highest BCUT2D eigenvalue weighted by Crippen LogP contribution is 2.11. The number of rotatable bonds is 0. The fourth-order valence-corrected chi connectivity index (χ4v) is 0.977. The smallest absolute Gasteiger partial charge is 0.173 e. The Hall–Kier alpha value is -1.09. The van der Waals surface area contributed by atoms with Gasteiger partial charge in [-0.1, -0.05) is 11.6 Å².